The molecule has 32 heavy (non-hydrogen) atoms. The number of primary sulfonamides is 1. The van der Waals surface area contributed by atoms with Crippen LogP contribution in [0.1, 0.15) is 16.7 Å². The Hall–Kier alpha value is -4.02. The van der Waals surface area contributed by atoms with Gasteiger partial charge in [-0.25, -0.2) is 18.5 Å². The molecule has 162 valence electrons. The monoisotopic (exact) mass is 449 g/mol. The fourth-order valence-corrected chi connectivity index (χ4v) is 3.66. The van der Waals surface area contributed by atoms with E-state index in [1.807, 2.05) is 12.3 Å². The Morgan fingerprint density at radius 1 is 1.16 bits per heavy atom. The molecule has 0 saturated heterocycles. The number of H-pyrrole nitrogens is 1. The molecule has 0 radical (unpaired) electrons. The van der Waals surface area contributed by atoms with Crippen LogP contribution in [0, 0.1) is 0 Å². The van der Waals surface area contributed by atoms with Crippen LogP contribution in [-0.2, 0) is 16.6 Å². The summed E-state index contributed by atoms with van der Waals surface area (Å²) in [6.07, 6.45) is 10.3. The van der Waals surface area contributed by atoms with E-state index in [0.717, 1.165) is 11.1 Å². The molecule has 0 atom stereocenters. The van der Waals surface area contributed by atoms with Gasteiger partial charge in [-0.1, -0.05) is 18.2 Å². The number of nitrogens with one attached hydrogen (secondary N) is 1. The summed E-state index contributed by atoms with van der Waals surface area (Å²) in [4.78, 5) is 23.0. The van der Waals surface area contributed by atoms with Gasteiger partial charge in [-0.15, -0.1) is 0 Å². The average molecular weight is 449 g/mol. The van der Waals surface area contributed by atoms with Crippen molar-refractivity contribution in [3.63, 3.8) is 0 Å². The van der Waals surface area contributed by atoms with E-state index in [0.29, 0.717) is 16.3 Å². The molecule has 2 aromatic carbocycles. The first-order valence-corrected chi connectivity index (χ1v) is 11.0. The molecule has 0 aliphatic carbocycles. The number of benzene rings is 2. The van der Waals surface area contributed by atoms with Crippen LogP contribution < -0.4 is 10.7 Å². The van der Waals surface area contributed by atoms with Crippen LogP contribution in [-0.4, -0.2) is 34.3 Å². The van der Waals surface area contributed by atoms with E-state index in [2.05, 4.69) is 15.0 Å². The fraction of sp³-hybridized carbons (Fsp3) is 0.0455. The lowest BCUT2D eigenvalue weighted by molar-refractivity contribution is 0.452. The summed E-state index contributed by atoms with van der Waals surface area (Å²) in [5.41, 5.74) is 1.55. The Morgan fingerprint density at radius 2 is 1.94 bits per heavy atom. The zero-order valence-corrected chi connectivity index (χ0v) is 17.5. The number of aromatic hydroxyl groups is 1. The number of aromatic amines is 1. The molecular formula is C22H19N5O4S. The summed E-state index contributed by atoms with van der Waals surface area (Å²) >= 11 is 0. The zero-order valence-electron chi connectivity index (χ0n) is 16.7. The van der Waals surface area contributed by atoms with Crippen molar-refractivity contribution in [2.24, 2.45) is 10.1 Å². The first-order chi connectivity index (χ1) is 15.3. The number of nitrogens with zero attached hydrogens (tertiary/aromatic N) is 3. The molecule has 2 aromatic heterocycles. The zero-order chi connectivity index (χ0) is 22.7. The lowest BCUT2D eigenvalue weighted by Gasteiger charge is -2.06. The van der Waals surface area contributed by atoms with Gasteiger partial charge in [0.05, 0.1) is 23.3 Å². The minimum Gasteiger partial charge on any atom is -0.494 e. The van der Waals surface area contributed by atoms with Crippen molar-refractivity contribution in [2.45, 2.75) is 11.4 Å². The third-order valence-electron chi connectivity index (χ3n) is 4.78. The van der Waals surface area contributed by atoms with Gasteiger partial charge in [0.25, 0.3) is 5.56 Å². The van der Waals surface area contributed by atoms with Gasteiger partial charge in [0.15, 0.2) is 0 Å². The van der Waals surface area contributed by atoms with Gasteiger partial charge in [0, 0.05) is 35.6 Å². The fourth-order valence-electron chi connectivity index (χ4n) is 3.14. The molecule has 0 amide bonds. The standard InChI is InChI=1S/C22H19N5O4S/c23-32(30,31)17-4-1-16(2-5-17)12-25-13-20-19-11-15(7-9-27-10-8-24-14-27)3-6-18(19)21(28)26-22(20)29/h1-11,13-14H,12H2,(H2,23,30,31)(H2,26,28,29)/b9-7+,25-13?. The van der Waals surface area contributed by atoms with Crippen LogP contribution in [0.3, 0.4) is 0 Å². The van der Waals surface area contributed by atoms with E-state index in [-0.39, 0.29) is 17.3 Å². The van der Waals surface area contributed by atoms with Gasteiger partial charge in [-0.05, 0) is 41.5 Å². The van der Waals surface area contributed by atoms with Gasteiger partial charge in [-0.2, -0.15) is 0 Å². The van der Waals surface area contributed by atoms with E-state index < -0.39 is 15.6 Å². The molecule has 10 heteroatoms. The smallest absolute Gasteiger partial charge is 0.258 e. The molecule has 9 nitrogen and oxygen atoms in total. The van der Waals surface area contributed by atoms with Crippen LogP contribution in [0.15, 0.2) is 75.9 Å². The number of hydrogen-bond donors (Lipinski definition) is 3. The molecular weight excluding hydrogens is 430 g/mol. The maximum atomic E-state index is 12.3. The summed E-state index contributed by atoms with van der Waals surface area (Å²) in [6.45, 7) is 0.241. The predicted octanol–water partition coefficient (Wildman–Crippen LogP) is 2.32. The molecule has 2 heterocycles. The Morgan fingerprint density at radius 3 is 2.62 bits per heavy atom. The molecule has 0 aliphatic heterocycles. The first kappa shape index (κ1) is 21.2. The van der Waals surface area contributed by atoms with Crippen LogP contribution in [0.4, 0.5) is 0 Å². The second-order valence-corrected chi connectivity index (χ2v) is 8.57. The van der Waals surface area contributed by atoms with E-state index in [9.17, 15) is 18.3 Å². The summed E-state index contributed by atoms with van der Waals surface area (Å²) in [7, 11) is -3.76. The second-order valence-electron chi connectivity index (χ2n) is 7.01. The highest BCUT2D eigenvalue weighted by molar-refractivity contribution is 7.89. The van der Waals surface area contributed by atoms with Gasteiger partial charge < -0.3 is 9.67 Å². The number of imidazole rings is 1. The molecule has 0 fully saturated rings. The maximum Gasteiger partial charge on any atom is 0.258 e. The summed E-state index contributed by atoms with van der Waals surface area (Å²) in [5, 5.41) is 16.4. The van der Waals surface area contributed by atoms with Gasteiger partial charge in [0.2, 0.25) is 15.9 Å². The second kappa shape index (κ2) is 8.61. The third-order valence-corrected chi connectivity index (χ3v) is 5.70. The minimum absolute atomic E-state index is 0.0192. The van der Waals surface area contributed by atoms with E-state index in [1.165, 1.54) is 18.3 Å². The van der Waals surface area contributed by atoms with Crippen molar-refractivity contribution in [1.29, 1.82) is 0 Å². The first-order valence-electron chi connectivity index (χ1n) is 9.47. The normalized spacial score (nSPS) is 12.3. The van der Waals surface area contributed by atoms with Crippen molar-refractivity contribution >= 4 is 39.3 Å². The number of aromatic nitrogens is 3. The van der Waals surface area contributed by atoms with Crippen LogP contribution in [0.25, 0.3) is 23.0 Å². The van der Waals surface area contributed by atoms with Crippen molar-refractivity contribution in [3.8, 4) is 5.88 Å². The van der Waals surface area contributed by atoms with E-state index in [1.54, 1.807) is 53.6 Å². The number of rotatable bonds is 6. The lowest BCUT2D eigenvalue weighted by atomic mass is 10.0. The van der Waals surface area contributed by atoms with Crippen molar-refractivity contribution in [2.75, 3.05) is 0 Å². The average Bonchev–Trinajstić information content (AvgIpc) is 3.28. The van der Waals surface area contributed by atoms with Crippen molar-refractivity contribution < 1.29 is 13.5 Å². The third kappa shape index (κ3) is 4.66. The highest BCUT2D eigenvalue weighted by atomic mass is 32.2. The Balaban J connectivity index is 1.65. The molecule has 0 aliphatic rings. The Bertz CT molecular complexity index is 1490. The van der Waals surface area contributed by atoms with Gasteiger partial charge >= 0.3 is 0 Å². The van der Waals surface area contributed by atoms with Gasteiger partial charge in [0.1, 0.15) is 0 Å². The van der Waals surface area contributed by atoms with Crippen LogP contribution >= 0.6 is 0 Å². The highest BCUT2D eigenvalue weighted by Crippen LogP contribution is 2.23. The minimum atomic E-state index is -3.76. The number of fused-ring (bicyclic) bond motifs is 1. The Labute approximate surface area is 183 Å². The number of hydrogen-bond acceptors (Lipinski definition) is 6. The highest BCUT2D eigenvalue weighted by Gasteiger charge is 2.10. The maximum absolute atomic E-state index is 12.3. The topological polar surface area (TPSA) is 143 Å². The number of sulfonamides is 1. The largest absolute Gasteiger partial charge is 0.494 e. The van der Waals surface area contributed by atoms with Gasteiger partial charge in [-0.3, -0.25) is 14.8 Å². The molecule has 4 aromatic rings. The summed E-state index contributed by atoms with van der Waals surface area (Å²) in [6, 6.07) is 11.3. The molecule has 0 bridgehead atoms. The number of aliphatic imine (C=N–C) groups is 1. The van der Waals surface area contributed by atoms with Crippen molar-refractivity contribution in [3.05, 3.63) is 88.2 Å². The van der Waals surface area contributed by atoms with Crippen LogP contribution in [0.2, 0.25) is 0 Å². The summed E-state index contributed by atoms with van der Waals surface area (Å²) < 4.78 is 24.5. The number of nitrogens with two attached hydrogens (primary N) is 1. The van der Waals surface area contributed by atoms with Crippen LogP contribution in [0.5, 0.6) is 5.88 Å². The molecule has 0 saturated carbocycles. The molecule has 4 rings (SSSR count). The lowest BCUT2D eigenvalue weighted by Crippen LogP contribution is -2.11. The quantitative estimate of drug-likeness (QED) is 0.387. The number of pyridine rings is 1. The predicted molar refractivity (Wildman–Crippen MR) is 123 cm³/mol. The SMILES string of the molecule is NS(=O)(=O)c1ccc(CN=Cc2c(O)[nH]c(=O)c3ccc(/C=C/n4ccnc4)cc23)cc1. The molecule has 0 unspecified atom stereocenters. The van der Waals surface area contributed by atoms with E-state index in [4.69, 9.17) is 5.14 Å². The van der Waals surface area contributed by atoms with Crippen molar-refractivity contribution in [1.82, 2.24) is 14.5 Å². The van der Waals surface area contributed by atoms with E-state index >= 15 is 0 Å². The molecule has 0 spiro atoms. The Kier molecular flexibility index (Phi) is 5.71. The molecule has 4 N–H and O–H groups in total. The summed E-state index contributed by atoms with van der Waals surface area (Å²) in [5.74, 6) is -0.286.